The number of ether oxygens (including phenoxy) is 1. The van der Waals surface area contributed by atoms with Crippen LogP contribution in [-0.4, -0.2) is 33.9 Å². The van der Waals surface area contributed by atoms with Gasteiger partial charge < -0.3 is 10.1 Å². The van der Waals surface area contributed by atoms with Crippen molar-refractivity contribution in [3.8, 4) is 5.75 Å². The lowest BCUT2D eigenvalue weighted by Gasteiger charge is -2.24. The lowest BCUT2D eigenvalue weighted by Crippen LogP contribution is -2.27. The molecule has 4 rings (SSSR count). The first-order chi connectivity index (χ1) is 16.0. The zero-order valence-electron chi connectivity index (χ0n) is 19.1. The van der Waals surface area contributed by atoms with Crippen molar-refractivity contribution < 1.29 is 13.9 Å². The predicted molar refractivity (Wildman–Crippen MR) is 124 cm³/mol. The van der Waals surface area contributed by atoms with Crippen LogP contribution in [0.3, 0.4) is 0 Å². The molecule has 1 fully saturated rings. The minimum Gasteiger partial charge on any atom is -0.494 e. The van der Waals surface area contributed by atoms with Gasteiger partial charge in [0.1, 0.15) is 17.4 Å². The molecule has 7 heteroatoms. The first-order valence-corrected chi connectivity index (χ1v) is 11.4. The Kier molecular flexibility index (Phi) is 7.29. The Balaban J connectivity index is 1.40. The molecule has 0 bridgehead atoms. The summed E-state index contributed by atoms with van der Waals surface area (Å²) in [6.45, 7) is 6.60. The van der Waals surface area contributed by atoms with Crippen molar-refractivity contribution in [2.75, 3.05) is 13.2 Å². The first kappa shape index (κ1) is 22.9. The van der Waals surface area contributed by atoms with E-state index >= 15 is 0 Å². The topological polar surface area (TPSA) is 67.3 Å². The second-order valence-corrected chi connectivity index (χ2v) is 8.24. The van der Waals surface area contributed by atoms with Crippen molar-refractivity contribution in [2.45, 2.75) is 45.8 Å². The van der Waals surface area contributed by atoms with Crippen LogP contribution in [0.2, 0.25) is 0 Å². The van der Waals surface area contributed by atoms with Gasteiger partial charge >= 0.3 is 0 Å². The van der Waals surface area contributed by atoms with Crippen LogP contribution in [0.15, 0.2) is 54.7 Å². The Bertz CT molecular complexity index is 1090. The van der Waals surface area contributed by atoms with E-state index in [1.54, 1.807) is 18.3 Å². The number of benzene rings is 2. The highest BCUT2D eigenvalue weighted by atomic mass is 19.1. The summed E-state index contributed by atoms with van der Waals surface area (Å²) in [7, 11) is 0. The third-order valence-electron chi connectivity index (χ3n) is 5.89. The van der Waals surface area contributed by atoms with Crippen LogP contribution >= 0.6 is 0 Å². The van der Waals surface area contributed by atoms with Crippen LogP contribution in [0, 0.1) is 12.7 Å². The summed E-state index contributed by atoms with van der Waals surface area (Å²) in [6.07, 6.45) is 3.70. The molecule has 2 heterocycles. The molecule has 0 radical (unpaired) electrons. The number of amides is 1. The van der Waals surface area contributed by atoms with Crippen LogP contribution in [0.4, 0.5) is 4.39 Å². The lowest BCUT2D eigenvalue weighted by molar-refractivity contribution is 0.0949. The molecule has 1 aromatic heterocycles. The van der Waals surface area contributed by atoms with Crippen LogP contribution < -0.4 is 10.1 Å². The number of aromatic nitrogens is 2. The number of nitrogens with one attached hydrogen (secondary N) is 1. The third-order valence-corrected chi connectivity index (χ3v) is 5.89. The van der Waals surface area contributed by atoms with Crippen molar-refractivity contribution in [3.63, 3.8) is 0 Å². The normalized spacial score (nSPS) is 16.0. The van der Waals surface area contributed by atoms with Gasteiger partial charge in [0.15, 0.2) is 0 Å². The van der Waals surface area contributed by atoms with E-state index in [4.69, 9.17) is 4.74 Å². The number of likely N-dealkylation sites (tertiary alicyclic amines) is 1. The SMILES string of the molecule is CCOc1ccc(CN2CCCC2c2ncc(C(=O)NCc3ccc(F)cc3)c(C)n2)cc1. The second kappa shape index (κ2) is 10.5. The summed E-state index contributed by atoms with van der Waals surface area (Å²) in [5.41, 5.74) is 3.16. The maximum absolute atomic E-state index is 13.1. The van der Waals surface area contributed by atoms with Gasteiger partial charge in [0.05, 0.1) is 23.9 Å². The van der Waals surface area contributed by atoms with E-state index < -0.39 is 0 Å². The molecule has 1 amide bonds. The van der Waals surface area contributed by atoms with Gasteiger partial charge in [0, 0.05) is 19.3 Å². The second-order valence-electron chi connectivity index (χ2n) is 8.24. The average molecular weight is 449 g/mol. The molecule has 1 aliphatic heterocycles. The molecule has 0 saturated carbocycles. The van der Waals surface area contributed by atoms with Gasteiger partial charge in [-0.1, -0.05) is 24.3 Å². The molecule has 1 atom stereocenters. The van der Waals surface area contributed by atoms with E-state index in [2.05, 4.69) is 32.3 Å². The third kappa shape index (κ3) is 5.73. The molecule has 1 aliphatic rings. The molecule has 1 unspecified atom stereocenters. The fourth-order valence-corrected chi connectivity index (χ4v) is 4.15. The number of carbonyl (C=O) groups is 1. The Hall–Kier alpha value is -3.32. The summed E-state index contributed by atoms with van der Waals surface area (Å²) in [4.78, 5) is 24.3. The molecular formula is C26H29FN4O2. The van der Waals surface area contributed by atoms with E-state index in [0.29, 0.717) is 24.4 Å². The number of halogens is 1. The smallest absolute Gasteiger partial charge is 0.254 e. The number of aryl methyl sites for hydroxylation is 1. The quantitative estimate of drug-likeness (QED) is 0.546. The Morgan fingerprint density at radius 1 is 1.15 bits per heavy atom. The highest BCUT2D eigenvalue weighted by Crippen LogP contribution is 2.31. The number of nitrogens with zero attached hydrogens (tertiary/aromatic N) is 3. The highest BCUT2D eigenvalue weighted by molar-refractivity contribution is 5.94. The van der Waals surface area contributed by atoms with Crippen LogP contribution in [0.1, 0.15) is 58.8 Å². The van der Waals surface area contributed by atoms with Crippen LogP contribution in [0.5, 0.6) is 5.75 Å². The fraction of sp³-hybridized carbons (Fsp3) is 0.346. The molecule has 3 aromatic rings. The summed E-state index contributed by atoms with van der Waals surface area (Å²) in [5, 5.41) is 2.86. The summed E-state index contributed by atoms with van der Waals surface area (Å²) in [5.74, 6) is 1.10. The largest absolute Gasteiger partial charge is 0.494 e. The van der Waals surface area contributed by atoms with Gasteiger partial charge in [-0.3, -0.25) is 9.69 Å². The molecule has 1 saturated heterocycles. The van der Waals surface area contributed by atoms with E-state index in [0.717, 1.165) is 43.1 Å². The molecule has 2 aromatic carbocycles. The van der Waals surface area contributed by atoms with Crippen molar-refractivity contribution >= 4 is 5.91 Å². The summed E-state index contributed by atoms with van der Waals surface area (Å²) < 4.78 is 18.6. The molecule has 0 spiro atoms. The maximum atomic E-state index is 13.1. The lowest BCUT2D eigenvalue weighted by atomic mass is 10.1. The minimum absolute atomic E-state index is 0.131. The van der Waals surface area contributed by atoms with E-state index in [-0.39, 0.29) is 17.8 Å². The Morgan fingerprint density at radius 3 is 2.58 bits per heavy atom. The van der Waals surface area contributed by atoms with Gasteiger partial charge in [0.2, 0.25) is 0 Å². The minimum atomic E-state index is -0.298. The molecular weight excluding hydrogens is 419 g/mol. The van der Waals surface area contributed by atoms with Gasteiger partial charge in [-0.25, -0.2) is 14.4 Å². The monoisotopic (exact) mass is 448 g/mol. The van der Waals surface area contributed by atoms with E-state index in [9.17, 15) is 9.18 Å². The first-order valence-electron chi connectivity index (χ1n) is 11.4. The number of hydrogen-bond acceptors (Lipinski definition) is 5. The van der Waals surface area contributed by atoms with Crippen molar-refractivity contribution in [2.24, 2.45) is 0 Å². The van der Waals surface area contributed by atoms with Crippen LogP contribution in [-0.2, 0) is 13.1 Å². The highest BCUT2D eigenvalue weighted by Gasteiger charge is 2.29. The molecule has 33 heavy (non-hydrogen) atoms. The molecule has 1 N–H and O–H groups in total. The fourth-order valence-electron chi connectivity index (χ4n) is 4.15. The van der Waals surface area contributed by atoms with Crippen molar-refractivity contribution in [3.05, 3.63) is 88.8 Å². The maximum Gasteiger partial charge on any atom is 0.254 e. The standard InChI is InChI=1S/C26H29FN4O2/c1-3-33-22-12-8-20(9-13-22)17-31-14-4-5-24(31)25-28-16-23(18(2)30-25)26(32)29-15-19-6-10-21(27)11-7-19/h6-13,16,24H,3-5,14-15,17H2,1-2H3,(H,29,32). The predicted octanol–water partition coefficient (Wildman–Crippen LogP) is 4.59. The number of rotatable bonds is 8. The molecule has 172 valence electrons. The Labute approximate surface area is 193 Å². The average Bonchev–Trinajstić information content (AvgIpc) is 3.28. The number of hydrogen-bond donors (Lipinski definition) is 1. The van der Waals surface area contributed by atoms with Gasteiger partial charge in [-0.05, 0) is 68.6 Å². The van der Waals surface area contributed by atoms with E-state index in [1.165, 1.54) is 17.7 Å². The number of carbonyl (C=O) groups excluding carboxylic acids is 1. The zero-order valence-corrected chi connectivity index (χ0v) is 19.1. The zero-order chi connectivity index (χ0) is 23.2. The van der Waals surface area contributed by atoms with Crippen molar-refractivity contribution in [1.29, 1.82) is 0 Å². The van der Waals surface area contributed by atoms with Gasteiger partial charge in [0.25, 0.3) is 5.91 Å². The summed E-state index contributed by atoms with van der Waals surface area (Å²) in [6, 6.07) is 14.4. The van der Waals surface area contributed by atoms with Gasteiger partial charge in [-0.2, -0.15) is 0 Å². The molecule has 0 aliphatic carbocycles. The molecule has 6 nitrogen and oxygen atoms in total. The van der Waals surface area contributed by atoms with Crippen molar-refractivity contribution in [1.82, 2.24) is 20.2 Å². The van der Waals surface area contributed by atoms with Gasteiger partial charge in [-0.15, -0.1) is 0 Å². The van der Waals surface area contributed by atoms with E-state index in [1.807, 2.05) is 26.0 Å². The summed E-state index contributed by atoms with van der Waals surface area (Å²) >= 11 is 0. The van der Waals surface area contributed by atoms with Crippen LogP contribution in [0.25, 0.3) is 0 Å². The Morgan fingerprint density at radius 2 is 1.88 bits per heavy atom.